The van der Waals surface area contributed by atoms with Crippen molar-refractivity contribution in [3.05, 3.63) is 24.3 Å². The van der Waals surface area contributed by atoms with Crippen molar-refractivity contribution >= 4 is 17.5 Å². The van der Waals surface area contributed by atoms with E-state index in [4.69, 9.17) is 4.74 Å². The maximum absolute atomic E-state index is 12.1. The Hall–Kier alpha value is -2.08. The number of benzene rings is 1. The smallest absolute Gasteiger partial charge is 0.259 e. The zero-order valence-electron chi connectivity index (χ0n) is 13.3. The molecular weight excluding hydrogens is 282 g/mol. The second kappa shape index (κ2) is 7.26. The molecule has 0 saturated carbocycles. The average molecular weight is 305 g/mol. The minimum Gasteiger partial charge on any atom is -0.484 e. The van der Waals surface area contributed by atoms with Crippen LogP contribution >= 0.6 is 0 Å². The van der Waals surface area contributed by atoms with Gasteiger partial charge in [0.25, 0.3) is 5.91 Å². The maximum Gasteiger partial charge on any atom is 0.259 e. The van der Waals surface area contributed by atoms with Crippen LogP contribution in [0.25, 0.3) is 0 Å². The molecule has 1 fully saturated rings. The van der Waals surface area contributed by atoms with Crippen LogP contribution in [0.3, 0.4) is 0 Å². The van der Waals surface area contributed by atoms with Gasteiger partial charge < -0.3 is 20.3 Å². The lowest BCUT2D eigenvalue weighted by molar-refractivity contribution is -0.130. The molecular formula is C16H23N3O3. The summed E-state index contributed by atoms with van der Waals surface area (Å²) in [6.45, 7) is 3.76. The number of ether oxygens (including phenoxy) is 1. The van der Waals surface area contributed by atoms with Gasteiger partial charge in [-0.05, 0) is 43.3 Å². The predicted molar refractivity (Wildman–Crippen MR) is 84.8 cm³/mol. The Labute approximate surface area is 130 Å². The number of nitrogens with one attached hydrogen (secondary N) is 2. The molecule has 1 saturated heterocycles. The van der Waals surface area contributed by atoms with Gasteiger partial charge in [0.2, 0.25) is 5.91 Å². The van der Waals surface area contributed by atoms with Crippen LogP contribution in [-0.2, 0) is 9.59 Å². The van der Waals surface area contributed by atoms with Gasteiger partial charge >= 0.3 is 0 Å². The van der Waals surface area contributed by atoms with Crippen molar-refractivity contribution in [2.24, 2.45) is 11.8 Å². The topological polar surface area (TPSA) is 70.7 Å². The number of carbonyl (C=O) groups is 2. The molecule has 6 nitrogen and oxygen atoms in total. The van der Waals surface area contributed by atoms with Crippen LogP contribution in [0.5, 0.6) is 5.75 Å². The van der Waals surface area contributed by atoms with Crippen molar-refractivity contribution in [1.29, 1.82) is 0 Å². The number of anilines is 1. The molecule has 0 spiro atoms. The third kappa shape index (κ3) is 4.21. The molecule has 0 bridgehead atoms. The molecule has 120 valence electrons. The summed E-state index contributed by atoms with van der Waals surface area (Å²) >= 11 is 0. The summed E-state index contributed by atoms with van der Waals surface area (Å²) in [5.74, 6) is 0.947. The maximum atomic E-state index is 12.1. The highest BCUT2D eigenvalue weighted by Crippen LogP contribution is 2.20. The Balaban J connectivity index is 1.83. The van der Waals surface area contributed by atoms with Gasteiger partial charge in [0.05, 0.1) is 0 Å². The summed E-state index contributed by atoms with van der Waals surface area (Å²) in [6.07, 6.45) is 0. The van der Waals surface area contributed by atoms with Crippen LogP contribution in [0.1, 0.15) is 6.92 Å². The third-order valence-corrected chi connectivity index (χ3v) is 3.92. The fourth-order valence-corrected chi connectivity index (χ4v) is 2.04. The highest BCUT2D eigenvalue weighted by Gasteiger charge is 2.28. The lowest BCUT2D eigenvalue weighted by atomic mass is 9.88. The Morgan fingerprint density at radius 2 is 1.95 bits per heavy atom. The molecule has 0 aromatic heterocycles. The molecule has 0 radical (unpaired) electrons. The minimum atomic E-state index is -0.0969. The molecule has 22 heavy (non-hydrogen) atoms. The van der Waals surface area contributed by atoms with E-state index in [9.17, 15) is 9.59 Å². The first-order chi connectivity index (χ1) is 10.5. The van der Waals surface area contributed by atoms with Crippen LogP contribution in [-0.4, -0.2) is 50.5 Å². The molecule has 1 heterocycles. The first-order valence-electron chi connectivity index (χ1n) is 7.42. The van der Waals surface area contributed by atoms with E-state index in [0.717, 1.165) is 18.8 Å². The van der Waals surface area contributed by atoms with Crippen LogP contribution < -0.4 is 15.4 Å². The number of likely N-dealkylation sites (N-methyl/N-ethyl adjacent to an activating group) is 1. The van der Waals surface area contributed by atoms with Gasteiger partial charge in [0, 0.05) is 25.7 Å². The van der Waals surface area contributed by atoms with E-state index in [2.05, 4.69) is 10.6 Å². The van der Waals surface area contributed by atoms with E-state index in [-0.39, 0.29) is 24.3 Å². The molecule has 1 aliphatic rings. The zero-order chi connectivity index (χ0) is 16.1. The Bertz CT molecular complexity index is 524. The SMILES string of the molecule is CC(C(=O)Nc1ccc(OCC(=O)N(C)C)cc1)C1CNC1. The monoisotopic (exact) mass is 305 g/mol. The van der Waals surface area contributed by atoms with E-state index in [1.54, 1.807) is 38.4 Å². The number of rotatable bonds is 6. The van der Waals surface area contributed by atoms with Crippen LogP contribution in [0.4, 0.5) is 5.69 Å². The number of nitrogens with zero attached hydrogens (tertiary/aromatic N) is 1. The van der Waals surface area contributed by atoms with Crippen molar-refractivity contribution in [2.45, 2.75) is 6.92 Å². The van der Waals surface area contributed by atoms with Gasteiger partial charge in [0.1, 0.15) is 5.75 Å². The second-order valence-corrected chi connectivity index (χ2v) is 5.80. The van der Waals surface area contributed by atoms with Crippen LogP contribution in [0.15, 0.2) is 24.3 Å². The largest absolute Gasteiger partial charge is 0.484 e. The Kier molecular flexibility index (Phi) is 5.38. The number of hydrogen-bond acceptors (Lipinski definition) is 4. The summed E-state index contributed by atoms with van der Waals surface area (Å²) in [6, 6.07) is 7.04. The highest BCUT2D eigenvalue weighted by atomic mass is 16.5. The number of carbonyl (C=O) groups excluding carboxylic acids is 2. The quantitative estimate of drug-likeness (QED) is 0.821. The summed E-state index contributed by atoms with van der Waals surface area (Å²) in [5, 5.41) is 6.08. The standard InChI is InChI=1S/C16H23N3O3/c1-11(12-8-17-9-12)16(21)18-13-4-6-14(7-5-13)22-10-15(20)19(2)3/h4-7,11-12,17H,8-10H2,1-3H3,(H,18,21). The van der Waals surface area contributed by atoms with Crippen molar-refractivity contribution in [3.63, 3.8) is 0 Å². The van der Waals surface area contributed by atoms with Crippen molar-refractivity contribution < 1.29 is 14.3 Å². The molecule has 1 aliphatic heterocycles. The van der Waals surface area contributed by atoms with E-state index >= 15 is 0 Å². The first kappa shape index (κ1) is 16.3. The molecule has 2 rings (SSSR count). The summed E-state index contributed by atoms with van der Waals surface area (Å²) < 4.78 is 5.39. The molecule has 1 aromatic carbocycles. The number of hydrogen-bond donors (Lipinski definition) is 2. The van der Waals surface area contributed by atoms with E-state index in [1.807, 2.05) is 6.92 Å². The summed E-state index contributed by atoms with van der Waals surface area (Å²) in [5.41, 5.74) is 0.732. The fourth-order valence-electron chi connectivity index (χ4n) is 2.04. The Morgan fingerprint density at radius 3 is 2.45 bits per heavy atom. The van der Waals surface area contributed by atoms with Crippen molar-refractivity contribution in [2.75, 3.05) is 39.1 Å². The van der Waals surface area contributed by atoms with Gasteiger partial charge in [-0.1, -0.05) is 6.92 Å². The molecule has 1 aromatic rings. The van der Waals surface area contributed by atoms with Gasteiger partial charge in [-0.25, -0.2) is 0 Å². The lowest BCUT2D eigenvalue weighted by Crippen LogP contribution is -2.48. The number of amides is 2. The molecule has 2 amide bonds. The summed E-state index contributed by atoms with van der Waals surface area (Å²) in [7, 11) is 3.37. The molecule has 6 heteroatoms. The first-order valence-corrected chi connectivity index (χ1v) is 7.42. The highest BCUT2D eigenvalue weighted by molar-refractivity contribution is 5.92. The molecule has 2 N–H and O–H groups in total. The van der Waals surface area contributed by atoms with E-state index in [1.165, 1.54) is 4.90 Å². The van der Waals surface area contributed by atoms with E-state index in [0.29, 0.717) is 11.7 Å². The average Bonchev–Trinajstić information content (AvgIpc) is 2.44. The minimum absolute atomic E-state index is 0.00438. The van der Waals surface area contributed by atoms with Crippen LogP contribution in [0.2, 0.25) is 0 Å². The van der Waals surface area contributed by atoms with Gasteiger partial charge in [-0.2, -0.15) is 0 Å². The second-order valence-electron chi connectivity index (χ2n) is 5.80. The van der Waals surface area contributed by atoms with Gasteiger partial charge in [-0.3, -0.25) is 9.59 Å². The normalized spacial score (nSPS) is 15.6. The lowest BCUT2D eigenvalue weighted by Gasteiger charge is -2.31. The van der Waals surface area contributed by atoms with Gasteiger partial charge in [0.15, 0.2) is 6.61 Å². The molecule has 0 aliphatic carbocycles. The van der Waals surface area contributed by atoms with Crippen LogP contribution in [0, 0.1) is 11.8 Å². The summed E-state index contributed by atoms with van der Waals surface area (Å²) in [4.78, 5) is 25.0. The van der Waals surface area contributed by atoms with Gasteiger partial charge in [-0.15, -0.1) is 0 Å². The molecule has 1 atom stereocenters. The molecule has 1 unspecified atom stereocenters. The fraction of sp³-hybridized carbons (Fsp3) is 0.500. The third-order valence-electron chi connectivity index (χ3n) is 3.92. The Morgan fingerprint density at radius 1 is 1.32 bits per heavy atom. The van der Waals surface area contributed by atoms with E-state index < -0.39 is 0 Å². The zero-order valence-corrected chi connectivity index (χ0v) is 13.3. The van der Waals surface area contributed by atoms with Crippen molar-refractivity contribution in [3.8, 4) is 5.75 Å². The predicted octanol–water partition coefficient (Wildman–Crippen LogP) is 0.948. The van der Waals surface area contributed by atoms with Crippen molar-refractivity contribution in [1.82, 2.24) is 10.2 Å².